The van der Waals surface area contributed by atoms with Crippen LogP contribution in [0.3, 0.4) is 0 Å². The monoisotopic (exact) mass is 258 g/mol. The highest BCUT2D eigenvalue weighted by atomic mass is 16.5. The number of aliphatic carboxylic acids is 1. The van der Waals surface area contributed by atoms with Crippen molar-refractivity contribution in [2.24, 2.45) is 0 Å². The molecule has 0 bridgehead atoms. The van der Waals surface area contributed by atoms with E-state index in [0.717, 1.165) is 19.4 Å². The summed E-state index contributed by atoms with van der Waals surface area (Å²) in [5, 5.41) is 11.7. The number of amides is 2. The molecule has 0 aromatic rings. The van der Waals surface area contributed by atoms with E-state index < -0.39 is 12.0 Å². The van der Waals surface area contributed by atoms with Crippen molar-refractivity contribution in [2.75, 3.05) is 20.2 Å². The number of urea groups is 1. The van der Waals surface area contributed by atoms with Gasteiger partial charge in [0.05, 0.1) is 5.60 Å². The Labute approximate surface area is 107 Å². The first kappa shape index (κ1) is 14.8. The zero-order valence-corrected chi connectivity index (χ0v) is 11.2. The van der Waals surface area contributed by atoms with E-state index in [1.807, 2.05) is 6.92 Å². The fourth-order valence-electron chi connectivity index (χ4n) is 2.12. The third-order valence-electron chi connectivity index (χ3n) is 3.37. The third kappa shape index (κ3) is 3.60. The smallest absolute Gasteiger partial charge is 0.326 e. The van der Waals surface area contributed by atoms with Gasteiger partial charge in [-0.2, -0.15) is 0 Å². The Kier molecular flexibility index (Phi) is 4.95. The average Bonchev–Trinajstić information content (AvgIpc) is 2.74. The molecule has 0 aliphatic carbocycles. The SMILES string of the molecule is CCC(C(=O)O)N(C)C(=O)NCC1(C)CCCO1. The number of rotatable bonds is 5. The number of carboxylic acid groups (broad SMARTS) is 1. The maximum Gasteiger partial charge on any atom is 0.326 e. The van der Waals surface area contributed by atoms with Crippen LogP contribution in [-0.4, -0.2) is 53.8 Å². The van der Waals surface area contributed by atoms with E-state index in [1.165, 1.54) is 11.9 Å². The van der Waals surface area contributed by atoms with Crippen LogP contribution in [0.5, 0.6) is 0 Å². The topological polar surface area (TPSA) is 78.9 Å². The van der Waals surface area contributed by atoms with E-state index in [9.17, 15) is 9.59 Å². The lowest BCUT2D eigenvalue weighted by Gasteiger charge is -2.28. The van der Waals surface area contributed by atoms with Crippen molar-refractivity contribution in [3.05, 3.63) is 0 Å². The van der Waals surface area contributed by atoms with Crippen molar-refractivity contribution < 1.29 is 19.4 Å². The van der Waals surface area contributed by atoms with Gasteiger partial charge in [0.2, 0.25) is 0 Å². The summed E-state index contributed by atoms with van der Waals surface area (Å²) in [4.78, 5) is 24.0. The molecule has 1 aliphatic rings. The number of ether oxygens (including phenoxy) is 1. The van der Waals surface area contributed by atoms with Gasteiger partial charge < -0.3 is 20.1 Å². The molecule has 18 heavy (non-hydrogen) atoms. The summed E-state index contributed by atoms with van der Waals surface area (Å²) in [5.74, 6) is -0.988. The van der Waals surface area contributed by atoms with Crippen LogP contribution < -0.4 is 5.32 Å². The van der Waals surface area contributed by atoms with Crippen molar-refractivity contribution in [1.82, 2.24) is 10.2 Å². The molecule has 2 atom stereocenters. The van der Waals surface area contributed by atoms with E-state index >= 15 is 0 Å². The van der Waals surface area contributed by atoms with Gasteiger partial charge in [0.25, 0.3) is 0 Å². The van der Waals surface area contributed by atoms with Gasteiger partial charge in [-0.15, -0.1) is 0 Å². The summed E-state index contributed by atoms with van der Waals surface area (Å²) < 4.78 is 5.56. The molecular weight excluding hydrogens is 236 g/mol. The van der Waals surface area contributed by atoms with Crippen molar-refractivity contribution in [2.45, 2.75) is 44.8 Å². The fourth-order valence-corrected chi connectivity index (χ4v) is 2.12. The minimum atomic E-state index is -0.988. The quantitative estimate of drug-likeness (QED) is 0.773. The lowest BCUT2D eigenvalue weighted by atomic mass is 10.0. The Bertz CT molecular complexity index is 313. The highest BCUT2D eigenvalue weighted by molar-refractivity contribution is 5.82. The third-order valence-corrected chi connectivity index (χ3v) is 3.37. The van der Waals surface area contributed by atoms with Gasteiger partial charge in [-0.25, -0.2) is 9.59 Å². The molecule has 1 fully saturated rings. The molecule has 0 radical (unpaired) electrons. The van der Waals surface area contributed by atoms with E-state index in [-0.39, 0.29) is 11.6 Å². The Morgan fingerprint density at radius 2 is 2.22 bits per heavy atom. The van der Waals surface area contributed by atoms with Crippen LogP contribution in [0.1, 0.15) is 33.1 Å². The Morgan fingerprint density at radius 1 is 1.56 bits per heavy atom. The fraction of sp³-hybridized carbons (Fsp3) is 0.833. The second kappa shape index (κ2) is 6.04. The van der Waals surface area contributed by atoms with Crippen molar-refractivity contribution in [3.8, 4) is 0 Å². The molecular formula is C12H22N2O4. The molecule has 6 nitrogen and oxygen atoms in total. The standard InChI is InChI=1S/C12H22N2O4/c1-4-9(10(15)16)14(3)11(17)13-8-12(2)6-5-7-18-12/h9H,4-8H2,1-3H3,(H,13,17)(H,15,16). The normalized spacial score (nSPS) is 24.6. The predicted molar refractivity (Wildman–Crippen MR) is 66.5 cm³/mol. The number of carbonyl (C=O) groups excluding carboxylic acids is 1. The highest BCUT2D eigenvalue weighted by Crippen LogP contribution is 2.23. The van der Waals surface area contributed by atoms with Crippen molar-refractivity contribution >= 4 is 12.0 Å². The first-order chi connectivity index (χ1) is 8.39. The number of hydrogen-bond acceptors (Lipinski definition) is 3. The molecule has 2 N–H and O–H groups in total. The lowest BCUT2D eigenvalue weighted by Crippen LogP contribution is -2.50. The number of nitrogens with one attached hydrogen (secondary N) is 1. The molecule has 6 heteroatoms. The summed E-state index contributed by atoms with van der Waals surface area (Å²) in [6.07, 6.45) is 2.29. The minimum Gasteiger partial charge on any atom is -0.480 e. The first-order valence-electron chi connectivity index (χ1n) is 6.27. The Morgan fingerprint density at radius 3 is 2.67 bits per heavy atom. The molecule has 0 saturated carbocycles. The minimum absolute atomic E-state index is 0.318. The van der Waals surface area contributed by atoms with Gasteiger partial charge in [-0.05, 0) is 26.2 Å². The summed E-state index contributed by atoms with van der Waals surface area (Å²) in [5.41, 5.74) is -0.318. The summed E-state index contributed by atoms with van der Waals surface area (Å²) in [7, 11) is 1.50. The molecule has 1 saturated heterocycles. The maximum absolute atomic E-state index is 11.8. The number of likely N-dealkylation sites (N-methyl/N-ethyl adjacent to an activating group) is 1. The van der Waals surface area contributed by atoms with Gasteiger partial charge >= 0.3 is 12.0 Å². The summed E-state index contributed by atoms with van der Waals surface area (Å²) in [6.45, 7) is 4.82. The molecule has 1 heterocycles. The Balaban J connectivity index is 2.46. The van der Waals surface area contributed by atoms with E-state index in [0.29, 0.717) is 13.0 Å². The first-order valence-corrected chi connectivity index (χ1v) is 6.27. The van der Waals surface area contributed by atoms with E-state index in [4.69, 9.17) is 9.84 Å². The molecule has 1 aliphatic heterocycles. The van der Waals surface area contributed by atoms with Gasteiger partial charge in [0.15, 0.2) is 0 Å². The number of carboxylic acids is 1. The molecule has 0 spiro atoms. The molecule has 0 aromatic heterocycles. The molecule has 1 rings (SSSR count). The second-order valence-corrected chi connectivity index (χ2v) is 4.93. The number of nitrogens with zero attached hydrogens (tertiary/aromatic N) is 1. The highest BCUT2D eigenvalue weighted by Gasteiger charge is 2.31. The second-order valence-electron chi connectivity index (χ2n) is 4.93. The molecule has 104 valence electrons. The summed E-state index contributed by atoms with van der Waals surface area (Å²) in [6, 6.07) is -1.16. The van der Waals surface area contributed by atoms with Crippen molar-refractivity contribution in [1.29, 1.82) is 0 Å². The zero-order chi connectivity index (χ0) is 13.8. The predicted octanol–water partition coefficient (Wildman–Crippen LogP) is 1.06. The van der Waals surface area contributed by atoms with Crippen LogP contribution in [0, 0.1) is 0 Å². The van der Waals surface area contributed by atoms with Crippen molar-refractivity contribution in [3.63, 3.8) is 0 Å². The molecule has 2 unspecified atom stereocenters. The number of hydrogen-bond donors (Lipinski definition) is 2. The average molecular weight is 258 g/mol. The van der Waals surface area contributed by atoms with Crippen LogP contribution in [0.2, 0.25) is 0 Å². The van der Waals surface area contributed by atoms with E-state index in [2.05, 4.69) is 5.32 Å². The van der Waals surface area contributed by atoms with Gasteiger partial charge in [-0.1, -0.05) is 6.92 Å². The van der Waals surface area contributed by atoms with Gasteiger partial charge in [-0.3, -0.25) is 0 Å². The maximum atomic E-state index is 11.8. The van der Waals surface area contributed by atoms with Crippen LogP contribution >= 0.6 is 0 Å². The summed E-state index contributed by atoms with van der Waals surface area (Å²) >= 11 is 0. The number of carbonyl (C=O) groups is 2. The molecule has 0 aromatic carbocycles. The van der Waals surface area contributed by atoms with Gasteiger partial charge in [0.1, 0.15) is 6.04 Å². The lowest BCUT2D eigenvalue weighted by molar-refractivity contribution is -0.141. The van der Waals surface area contributed by atoms with Crippen LogP contribution in [-0.2, 0) is 9.53 Å². The van der Waals surface area contributed by atoms with Crippen LogP contribution in [0.25, 0.3) is 0 Å². The van der Waals surface area contributed by atoms with Crippen LogP contribution in [0.15, 0.2) is 0 Å². The zero-order valence-electron chi connectivity index (χ0n) is 11.2. The van der Waals surface area contributed by atoms with Crippen LogP contribution in [0.4, 0.5) is 4.79 Å². The molecule has 2 amide bonds. The Hall–Kier alpha value is -1.30. The van der Waals surface area contributed by atoms with E-state index in [1.54, 1.807) is 6.92 Å². The van der Waals surface area contributed by atoms with Gasteiger partial charge in [0, 0.05) is 20.2 Å². The largest absolute Gasteiger partial charge is 0.480 e.